The standard InChI is InChI=1S/C48H47N5/c1-31-32(2)52-29-35(27-41(45(52)50-31)47(6,7)44-28-33(24-25-49-44)46(3,4)5)48(39-20-11-9-18-37(39)38-19-10-12-21-40(38)48)34-16-15-17-36(26-34)53-30-51(8)42-22-13-14-23-43(42)53/h9-29H,30H2,1-8H3. The molecule has 53 heavy (non-hydrogen) atoms. The van der Waals surface area contributed by atoms with Crippen LogP contribution < -0.4 is 9.80 Å². The Kier molecular flexibility index (Phi) is 7.30. The predicted octanol–water partition coefficient (Wildman–Crippen LogP) is 10.9. The summed E-state index contributed by atoms with van der Waals surface area (Å²) in [6, 6.07) is 42.9. The van der Waals surface area contributed by atoms with Crippen molar-refractivity contribution in [3.05, 3.63) is 178 Å². The van der Waals surface area contributed by atoms with Gasteiger partial charge in [-0.25, -0.2) is 4.98 Å². The molecular formula is C48H47N5. The van der Waals surface area contributed by atoms with Crippen molar-refractivity contribution < 1.29 is 0 Å². The summed E-state index contributed by atoms with van der Waals surface area (Å²) in [5, 5.41) is 0. The van der Waals surface area contributed by atoms with E-state index in [1.54, 1.807) is 0 Å². The van der Waals surface area contributed by atoms with E-state index in [4.69, 9.17) is 9.97 Å². The molecule has 0 atom stereocenters. The number of imidazole rings is 1. The number of fused-ring (bicyclic) bond motifs is 5. The molecule has 5 heteroatoms. The lowest BCUT2D eigenvalue weighted by molar-refractivity contribution is 0.573. The van der Waals surface area contributed by atoms with Crippen LogP contribution in [0.1, 0.15) is 85.1 Å². The van der Waals surface area contributed by atoms with Crippen molar-refractivity contribution in [3.63, 3.8) is 0 Å². The number of hydrogen-bond acceptors (Lipinski definition) is 4. The molecule has 0 spiro atoms. The van der Waals surface area contributed by atoms with Gasteiger partial charge in [-0.05, 0) is 101 Å². The molecule has 9 rings (SSSR count). The van der Waals surface area contributed by atoms with Crippen molar-refractivity contribution in [2.45, 2.75) is 64.7 Å². The van der Waals surface area contributed by atoms with Gasteiger partial charge in [-0.1, -0.05) is 107 Å². The molecule has 1 aliphatic heterocycles. The molecule has 0 N–H and O–H groups in total. The van der Waals surface area contributed by atoms with Crippen molar-refractivity contribution in [1.29, 1.82) is 0 Å². The van der Waals surface area contributed by atoms with E-state index in [2.05, 4.69) is 191 Å². The summed E-state index contributed by atoms with van der Waals surface area (Å²) in [7, 11) is 2.17. The molecule has 0 saturated heterocycles. The van der Waals surface area contributed by atoms with Gasteiger partial charge in [-0.3, -0.25) is 4.98 Å². The van der Waals surface area contributed by atoms with Crippen molar-refractivity contribution in [2.24, 2.45) is 0 Å². The van der Waals surface area contributed by atoms with E-state index < -0.39 is 10.8 Å². The third-order valence-electron chi connectivity index (χ3n) is 12.0. The van der Waals surface area contributed by atoms with E-state index >= 15 is 0 Å². The second-order valence-corrected chi connectivity index (χ2v) is 16.6. The van der Waals surface area contributed by atoms with E-state index in [-0.39, 0.29) is 5.41 Å². The molecule has 4 aromatic carbocycles. The molecule has 264 valence electrons. The third kappa shape index (κ3) is 4.83. The highest BCUT2D eigenvalue weighted by molar-refractivity contribution is 5.88. The maximum Gasteiger partial charge on any atom is 0.141 e. The topological polar surface area (TPSA) is 36.7 Å². The minimum absolute atomic E-state index is 0.00241. The SMILES string of the molecule is Cc1nc2c(C(C)(C)c3cc(C(C)(C)C)ccn3)cc(C3(c4cccc(N5CN(C)c6ccccc65)c4)c4ccccc4-c4ccccc43)cn2c1C. The number of pyridine rings is 2. The number of aryl methyl sites for hydroxylation is 2. The van der Waals surface area contributed by atoms with Crippen LogP contribution in [0.2, 0.25) is 0 Å². The summed E-state index contributed by atoms with van der Waals surface area (Å²) in [6.45, 7) is 16.5. The van der Waals surface area contributed by atoms with E-state index in [0.717, 1.165) is 35.0 Å². The Hall–Kier alpha value is -5.68. The number of aromatic nitrogens is 3. The van der Waals surface area contributed by atoms with Gasteiger partial charge in [-0.2, -0.15) is 0 Å². The first-order chi connectivity index (χ1) is 25.4. The molecule has 1 aliphatic carbocycles. The Morgan fingerprint density at radius 3 is 2.04 bits per heavy atom. The third-order valence-corrected chi connectivity index (χ3v) is 12.0. The Labute approximate surface area is 313 Å². The van der Waals surface area contributed by atoms with E-state index in [1.807, 2.05) is 6.20 Å². The van der Waals surface area contributed by atoms with Crippen molar-refractivity contribution in [1.82, 2.24) is 14.4 Å². The van der Waals surface area contributed by atoms with Gasteiger partial charge in [0.1, 0.15) is 5.65 Å². The maximum absolute atomic E-state index is 5.25. The van der Waals surface area contributed by atoms with E-state index in [9.17, 15) is 0 Å². The van der Waals surface area contributed by atoms with Crippen LogP contribution in [0.4, 0.5) is 17.1 Å². The zero-order chi connectivity index (χ0) is 36.9. The number of para-hydroxylation sites is 2. The quantitative estimate of drug-likeness (QED) is 0.180. The molecule has 0 amide bonds. The minimum atomic E-state index is -0.599. The lowest BCUT2D eigenvalue weighted by Gasteiger charge is -2.36. The fourth-order valence-corrected chi connectivity index (χ4v) is 8.94. The summed E-state index contributed by atoms with van der Waals surface area (Å²) in [6.07, 6.45) is 4.35. The zero-order valence-electron chi connectivity index (χ0n) is 32.1. The normalized spacial score (nSPS) is 14.8. The minimum Gasteiger partial charge on any atom is -0.355 e. The molecule has 0 radical (unpaired) electrons. The molecule has 7 aromatic rings. The van der Waals surface area contributed by atoms with Crippen LogP contribution in [0.25, 0.3) is 16.8 Å². The molecule has 5 nitrogen and oxygen atoms in total. The fraction of sp³-hybridized carbons (Fsp3) is 0.250. The number of rotatable bonds is 5. The van der Waals surface area contributed by atoms with Crippen LogP contribution in [0.15, 0.2) is 128 Å². The number of benzene rings is 4. The van der Waals surface area contributed by atoms with Gasteiger partial charge in [-0.15, -0.1) is 0 Å². The summed E-state index contributed by atoms with van der Waals surface area (Å²) in [5.41, 5.74) is 16.9. The average molecular weight is 694 g/mol. The van der Waals surface area contributed by atoms with Crippen molar-refractivity contribution >= 4 is 22.7 Å². The van der Waals surface area contributed by atoms with Crippen LogP contribution >= 0.6 is 0 Å². The highest BCUT2D eigenvalue weighted by Gasteiger charge is 2.47. The van der Waals surface area contributed by atoms with Crippen LogP contribution in [-0.4, -0.2) is 28.1 Å². The van der Waals surface area contributed by atoms with Crippen LogP contribution in [0, 0.1) is 13.8 Å². The smallest absolute Gasteiger partial charge is 0.141 e. The first-order valence-electron chi connectivity index (χ1n) is 18.8. The Balaban J connectivity index is 1.36. The Morgan fingerprint density at radius 1 is 0.679 bits per heavy atom. The van der Waals surface area contributed by atoms with Gasteiger partial charge in [0, 0.05) is 41.8 Å². The van der Waals surface area contributed by atoms with E-state index in [0.29, 0.717) is 0 Å². The highest BCUT2D eigenvalue weighted by atomic mass is 15.4. The van der Waals surface area contributed by atoms with Gasteiger partial charge in [0.05, 0.1) is 34.8 Å². The number of nitrogens with zero attached hydrogens (tertiary/aromatic N) is 5. The number of hydrogen-bond donors (Lipinski definition) is 0. The lowest BCUT2D eigenvalue weighted by atomic mass is 9.67. The second-order valence-electron chi connectivity index (χ2n) is 16.6. The van der Waals surface area contributed by atoms with Crippen molar-refractivity contribution in [2.75, 3.05) is 23.5 Å². The van der Waals surface area contributed by atoms with E-state index in [1.165, 1.54) is 56.0 Å². The lowest BCUT2D eigenvalue weighted by Crippen LogP contribution is -2.31. The predicted molar refractivity (Wildman–Crippen MR) is 219 cm³/mol. The van der Waals surface area contributed by atoms with Crippen LogP contribution in [-0.2, 0) is 16.2 Å². The first-order valence-corrected chi connectivity index (χ1v) is 18.8. The molecule has 4 heterocycles. The fourth-order valence-electron chi connectivity index (χ4n) is 8.94. The highest BCUT2D eigenvalue weighted by Crippen LogP contribution is 2.57. The Morgan fingerprint density at radius 2 is 1.34 bits per heavy atom. The molecule has 0 unspecified atom stereocenters. The molecule has 3 aromatic heterocycles. The molecule has 0 saturated carbocycles. The number of anilines is 3. The van der Waals surface area contributed by atoms with Crippen LogP contribution in [0.3, 0.4) is 0 Å². The second kappa shape index (κ2) is 11.7. The summed E-state index contributed by atoms with van der Waals surface area (Å²) < 4.78 is 2.34. The Bertz CT molecular complexity index is 2520. The summed E-state index contributed by atoms with van der Waals surface area (Å²) >= 11 is 0. The van der Waals surface area contributed by atoms with Gasteiger partial charge >= 0.3 is 0 Å². The zero-order valence-corrected chi connectivity index (χ0v) is 32.1. The molecule has 0 fully saturated rings. The van der Waals surface area contributed by atoms with Crippen LogP contribution in [0.5, 0.6) is 0 Å². The van der Waals surface area contributed by atoms with Gasteiger partial charge in [0.15, 0.2) is 0 Å². The average Bonchev–Trinajstić information content (AvgIpc) is 3.77. The van der Waals surface area contributed by atoms with Gasteiger partial charge in [0.2, 0.25) is 0 Å². The largest absolute Gasteiger partial charge is 0.355 e. The molecular weight excluding hydrogens is 647 g/mol. The maximum atomic E-state index is 5.25. The molecule has 0 bridgehead atoms. The molecule has 2 aliphatic rings. The summed E-state index contributed by atoms with van der Waals surface area (Å²) in [4.78, 5) is 15.1. The monoisotopic (exact) mass is 693 g/mol. The van der Waals surface area contributed by atoms with Gasteiger partial charge < -0.3 is 14.2 Å². The summed E-state index contributed by atoms with van der Waals surface area (Å²) in [5.74, 6) is 0. The first kappa shape index (κ1) is 33.2. The van der Waals surface area contributed by atoms with Crippen molar-refractivity contribution in [3.8, 4) is 11.1 Å². The van der Waals surface area contributed by atoms with Gasteiger partial charge in [0.25, 0.3) is 0 Å².